The van der Waals surface area contributed by atoms with Gasteiger partial charge in [0.1, 0.15) is 11.4 Å². The van der Waals surface area contributed by atoms with Crippen molar-refractivity contribution in [2.45, 2.75) is 0 Å². The Balaban J connectivity index is 1.68. The van der Waals surface area contributed by atoms with Crippen molar-refractivity contribution in [1.82, 2.24) is 0 Å². The minimum Gasteiger partial charge on any atom is -0.478 e. The lowest BCUT2D eigenvalue weighted by Crippen LogP contribution is -2.12. The number of amides is 1. The monoisotopic (exact) mass is 397 g/mol. The molecular weight excluding hydrogens is 385 g/mol. The summed E-state index contributed by atoms with van der Waals surface area (Å²) in [5, 5.41) is 14.9. The van der Waals surface area contributed by atoms with Crippen LogP contribution in [0.1, 0.15) is 20.0 Å². The first kappa shape index (κ1) is 17.4. The highest BCUT2D eigenvalue weighted by Crippen LogP contribution is 2.37. The topological polar surface area (TPSA) is 66.4 Å². The van der Waals surface area contributed by atoms with Crippen LogP contribution in [-0.2, 0) is 0 Å². The van der Waals surface area contributed by atoms with Crippen molar-refractivity contribution in [2.24, 2.45) is 0 Å². The van der Waals surface area contributed by atoms with Crippen LogP contribution in [0.3, 0.4) is 0 Å². The van der Waals surface area contributed by atoms with Gasteiger partial charge in [0.05, 0.1) is 15.4 Å². The van der Waals surface area contributed by atoms with Crippen LogP contribution in [0.2, 0.25) is 0 Å². The van der Waals surface area contributed by atoms with Gasteiger partial charge in [0.2, 0.25) is 0 Å². The van der Waals surface area contributed by atoms with Crippen molar-refractivity contribution in [2.75, 3.05) is 5.32 Å². The maximum atomic E-state index is 13.1. The zero-order chi connectivity index (χ0) is 19.0. The van der Waals surface area contributed by atoms with Crippen LogP contribution in [0, 0.1) is 5.82 Å². The fourth-order valence-corrected chi connectivity index (χ4v) is 4.71. The molecule has 0 aliphatic carbocycles. The zero-order valence-electron chi connectivity index (χ0n) is 13.7. The van der Waals surface area contributed by atoms with E-state index in [2.05, 4.69) is 5.32 Å². The second-order valence-electron chi connectivity index (χ2n) is 5.77. The molecule has 0 saturated carbocycles. The maximum Gasteiger partial charge on any atom is 0.339 e. The van der Waals surface area contributed by atoms with Gasteiger partial charge in [-0.15, -0.1) is 22.7 Å². The Morgan fingerprint density at radius 3 is 2.48 bits per heavy atom. The summed E-state index contributed by atoms with van der Waals surface area (Å²) in [5.74, 6) is -1.91. The predicted molar refractivity (Wildman–Crippen MR) is 106 cm³/mol. The number of nitrogens with one attached hydrogen (secondary N) is 1. The van der Waals surface area contributed by atoms with E-state index in [0.29, 0.717) is 15.3 Å². The molecule has 0 aliphatic rings. The van der Waals surface area contributed by atoms with Gasteiger partial charge in [-0.05, 0) is 35.2 Å². The van der Waals surface area contributed by atoms with Crippen LogP contribution in [0.15, 0.2) is 60.0 Å². The van der Waals surface area contributed by atoms with Crippen molar-refractivity contribution < 1.29 is 19.1 Å². The van der Waals surface area contributed by atoms with Crippen molar-refractivity contribution in [1.29, 1.82) is 0 Å². The van der Waals surface area contributed by atoms with E-state index in [1.165, 1.54) is 46.9 Å². The van der Waals surface area contributed by atoms with Crippen molar-refractivity contribution in [3.8, 4) is 10.4 Å². The number of thiophene rings is 2. The number of aromatic carboxylic acids is 1. The molecule has 2 N–H and O–H groups in total. The van der Waals surface area contributed by atoms with E-state index in [9.17, 15) is 19.1 Å². The number of carboxylic acid groups (broad SMARTS) is 1. The molecule has 2 aromatic heterocycles. The van der Waals surface area contributed by atoms with E-state index in [4.69, 9.17) is 0 Å². The number of hydrogen-bond donors (Lipinski definition) is 2. The largest absolute Gasteiger partial charge is 0.478 e. The number of rotatable bonds is 4. The standard InChI is InChI=1S/C20H12FNO3S2/c21-13-7-5-11(6-8-13)18-17(20(24)25)14(10-26-18)22-19(23)16-9-12-3-1-2-4-15(12)27-16/h1-10H,(H,22,23)(H,24,25). The first-order valence-corrected chi connectivity index (χ1v) is 9.63. The lowest BCUT2D eigenvalue weighted by atomic mass is 10.1. The van der Waals surface area contributed by atoms with Crippen LogP contribution in [0.25, 0.3) is 20.5 Å². The third kappa shape index (κ3) is 3.34. The Morgan fingerprint density at radius 2 is 1.78 bits per heavy atom. The molecule has 4 aromatic rings. The number of halogens is 1. The second-order valence-corrected chi connectivity index (χ2v) is 7.73. The summed E-state index contributed by atoms with van der Waals surface area (Å²) < 4.78 is 14.1. The molecule has 0 fully saturated rings. The maximum absolute atomic E-state index is 13.1. The molecule has 4 nitrogen and oxygen atoms in total. The highest BCUT2D eigenvalue weighted by Gasteiger charge is 2.22. The smallest absolute Gasteiger partial charge is 0.339 e. The summed E-state index contributed by atoms with van der Waals surface area (Å²) in [6, 6.07) is 15.0. The summed E-state index contributed by atoms with van der Waals surface area (Å²) in [6.45, 7) is 0. The molecule has 0 atom stereocenters. The Kier molecular flexibility index (Phi) is 4.47. The van der Waals surface area contributed by atoms with Crippen molar-refractivity contribution >= 4 is 50.3 Å². The summed E-state index contributed by atoms with van der Waals surface area (Å²) in [6.07, 6.45) is 0. The zero-order valence-corrected chi connectivity index (χ0v) is 15.4. The van der Waals surface area contributed by atoms with E-state index in [-0.39, 0.29) is 17.2 Å². The van der Waals surface area contributed by atoms with E-state index < -0.39 is 11.8 Å². The summed E-state index contributed by atoms with van der Waals surface area (Å²) >= 11 is 2.54. The van der Waals surface area contributed by atoms with Gasteiger partial charge in [-0.3, -0.25) is 4.79 Å². The highest BCUT2D eigenvalue weighted by atomic mass is 32.1. The third-order valence-corrected chi connectivity index (χ3v) is 6.15. The minimum absolute atomic E-state index is 0.000990. The van der Waals surface area contributed by atoms with E-state index in [0.717, 1.165) is 10.1 Å². The van der Waals surface area contributed by atoms with Gasteiger partial charge in [-0.1, -0.05) is 30.3 Å². The SMILES string of the molecule is O=C(Nc1csc(-c2ccc(F)cc2)c1C(=O)O)c1cc2ccccc2s1. The summed E-state index contributed by atoms with van der Waals surface area (Å²) in [5.41, 5.74) is 0.816. The van der Waals surface area contributed by atoms with Gasteiger partial charge in [0, 0.05) is 10.1 Å². The number of carbonyl (C=O) groups is 2. The third-order valence-electron chi connectivity index (χ3n) is 4.01. The Hall–Kier alpha value is -3.03. The quantitative estimate of drug-likeness (QED) is 0.463. The van der Waals surface area contributed by atoms with Gasteiger partial charge in [0.25, 0.3) is 5.91 Å². The van der Waals surface area contributed by atoms with Gasteiger partial charge >= 0.3 is 5.97 Å². The lowest BCUT2D eigenvalue weighted by molar-refractivity contribution is 0.0699. The van der Waals surface area contributed by atoms with E-state index in [1.807, 2.05) is 24.3 Å². The molecule has 2 heterocycles. The molecule has 0 aliphatic heterocycles. The number of carbonyl (C=O) groups excluding carboxylic acids is 1. The van der Waals surface area contributed by atoms with Gasteiger partial charge < -0.3 is 10.4 Å². The average molecular weight is 397 g/mol. The van der Waals surface area contributed by atoms with Crippen LogP contribution in [0.5, 0.6) is 0 Å². The van der Waals surface area contributed by atoms with Crippen LogP contribution < -0.4 is 5.32 Å². The van der Waals surface area contributed by atoms with E-state index in [1.54, 1.807) is 11.4 Å². The fraction of sp³-hybridized carbons (Fsp3) is 0. The molecule has 0 spiro atoms. The molecule has 1 amide bonds. The molecule has 2 aromatic carbocycles. The van der Waals surface area contributed by atoms with Gasteiger partial charge in [0.15, 0.2) is 0 Å². The highest BCUT2D eigenvalue weighted by molar-refractivity contribution is 7.21. The Labute approximate surface area is 161 Å². The second kappa shape index (κ2) is 6.94. The fourth-order valence-electron chi connectivity index (χ4n) is 2.75. The van der Waals surface area contributed by atoms with Gasteiger partial charge in [-0.2, -0.15) is 0 Å². The first-order valence-electron chi connectivity index (χ1n) is 7.93. The van der Waals surface area contributed by atoms with Crippen molar-refractivity contribution in [3.63, 3.8) is 0 Å². The first-order chi connectivity index (χ1) is 13.0. The summed E-state index contributed by atoms with van der Waals surface area (Å²) in [4.78, 5) is 25.4. The molecule has 27 heavy (non-hydrogen) atoms. The molecule has 0 bridgehead atoms. The van der Waals surface area contributed by atoms with Crippen LogP contribution in [-0.4, -0.2) is 17.0 Å². The minimum atomic E-state index is -1.15. The average Bonchev–Trinajstić information content (AvgIpc) is 3.26. The number of benzene rings is 2. The van der Waals surface area contributed by atoms with Crippen molar-refractivity contribution in [3.05, 3.63) is 76.2 Å². The molecule has 0 unspecified atom stereocenters. The van der Waals surface area contributed by atoms with E-state index >= 15 is 0 Å². The Bertz CT molecular complexity index is 1130. The van der Waals surface area contributed by atoms with Gasteiger partial charge in [-0.25, -0.2) is 9.18 Å². The normalized spacial score (nSPS) is 10.9. The molecular formula is C20H12FNO3S2. The molecule has 0 radical (unpaired) electrons. The molecule has 4 rings (SSSR count). The molecule has 0 saturated heterocycles. The summed E-state index contributed by atoms with van der Waals surface area (Å²) in [7, 11) is 0. The number of fused-ring (bicyclic) bond motifs is 1. The molecule has 134 valence electrons. The Morgan fingerprint density at radius 1 is 1.04 bits per heavy atom. The number of anilines is 1. The predicted octanol–water partition coefficient (Wildman–Crippen LogP) is 5.72. The van der Waals surface area contributed by atoms with Crippen LogP contribution >= 0.6 is 22.7 Å². The van der Waals surface area contributed by atoms with Crippen LogP contribution in [0.4, 0.5) is 10.1 Å². The molecule has 7 heteroatoms. The number of carboxylic acids is 1. The number of hydrogen-bond acceptors (Lipinski definition) is 4. The lowest BCUT2D eigenvalue weighted by Gasteiger charge is -2.05.